The van der Waals surface area contributed by atoms with Crippen molar-refractivity contribution in [2.45, 2.75) is 19.4 Å². The highest BCUT2D eigenvalue weighted by atomic mass is 35.5. The predicted molar refractivity (Wildman–Crippen MR) is 89.8 cm³/mol. The van der Waals surface area contributed by atoms with Crippen molar-refractivity contribution in [2.75, 3.05) is 5.32 Å². The Hall–Kier alpha value is -2.06. The van der Waals surface area contributed by atoms with Gasteiger partial charge < -0.3 is 5.32 Å². The van der Waals surface area contributed by atoms with Crippen molar-refractivity contribution in [3.05, 3.63) is 71.4 Å². The first-order valence-corrected chi connectivity index (χ1v) is 7.51. The standard InChI is InChI=1S/C18H17ClN2/c1-2-17(13-7-9-15(19)10-8-13)21-16-11-14-5-3-4-6-18(14)20-12-16/h3-12,17,21H,2H2,1H3. The molecule has 3 rings (SSSR count). The van der Waals surface area contributed by atoms with Crippen LogP contribution in [-0.4, -0.2) is 4.98 Å². The van der Waals surface area contributed by atoms with Crippen LogP contribution in [0.15, 0.2) is 60.8 Å². The second-order valence-electron chi connectivity index (χ2n) is 5.07. The van der Waals surface area contributed by atoms with E-state index in [0.29, 0.717) is 0 Å². The van der Waals surface area contributed by atoms with Crippen molar-refractivity contribution in [1.82, 2.24) is 4.98 Å². The number of halogens is 1. The minimum absolute atomic E-state index is 0.255. The third-order valence-electron chi connectivity index (χ3n) is 3.61. The Labute approximate surface area is 129 Å². The zero-order chi connectivity index (χ0) is 14.7. The molecule has 3 heteroatoms. The molecule has 2 nitrogen and oxygen atoms in total. The van der Waals surface area contributed by atoms with Gasteiger partial charge >= 0.3 is 0 Å². The van der Waals surface area contributed by atoms with Gasteiger partial charge in [-0.3, -0.25) is 4.98 Å². The van der Waals surface area contributed by atoms with Gasteiger partial charge in [0.25, 0.3) is 0 Å². The Bertz CT molecular complexity index is 738. The lowest BCUT2D eigenvalue weighted by Crippen LogP contribution is -2.09. The molecule has 21 heavy (non-hydrogen) atoms. The van der Waals surface area contributed by atoms with E-state index in [2.05, 4.69) is 41.5 Å². The second kappa shape index (κ2) is 6.15. The van der Waals surface area contributed by atoms with E-state index in [-0.39, 0.29) is 6.04 Å². The quantitative estimate of drug-likeness (QED) is 0.692. The summed E-state index contributed by atoms with van der Waals surface area (Å²) in [5.74, 6) is 0. The van der Waals surface area contributed by atoms with Gasteiger partial charge in [0.2, 0.25) is 0 Å². The van der Waals surface area contributed by atoms with E-state index in [1.165, 1.54) is 5.56 Å². The summed E-state index contributed by atoms with van der Waals surface area (Å²) in [6, 6.07) is 18.5. The van der Waals surface area contributed by atoms with Crippen molar-refractivity contribution < 1.29 is 0 Å². The van der Waals surface area contributed by atoms with Crippen LogP contribution < -0.4 is 5.32 Å². The monoisotopic (exact) mass is 296 g/mol. The fraction of sp³-hybridized carbons (Fsp3) is 0.167. The molecule has 0 radical (unpaired) electrons. The van der Waals surface area contributed by atoms with Gasteiger partial charge in [-0.25, -0.2) is 0 Å². The Balaban J connectivity index is 1.86. The maximum Gasteiger partial charge on any atom is 0.0703 e. The molecule has 1 N–H and O–H groups in total. The van der Waals surface area contributed by atoms with Crippen LogP contribution in [0.1, 0.15) is 24.9 Å². The highest BCUT2D eigenvalue weighted by molar-refractivity contribution is 6.30. The Morgan fingerprint density at radius 2 is 1.86 bits per heavy atom. The molecule has 1 heterocycles. The predicted octanol–water partition coefficient (Wildman–Crippen LogP) is 5.45. The number of rotatable bonds is 4. The van der Waals surface area contributed by atoms with E-state index in [4.69, 9.17) is 11.6 Å². The largest absolute Gasteiger partial charge is 0.377 e. The molecule has 0 aliphatic carbocycles. The lowest BCUT2D eigenvalue weighted by molar-refractivity contribution is 0.749. The average Bonchev–Trinajstić information content (AvgIpc) is 2.53. The van der Waals surface area contributed by atoms with E-state index in [9.17, 15) is 0 Å². The van der Waals surface area contributed by atoms with Gasteiger partial charge in [0.15, 0.2) is 0 Å². The molecule has 0 spiro atoms. The van der Waals surface area contributed by atoms with Gasteiger partial charge in [-0.05, 0) is 36.2 Å². The van der Waals surface area contributed by atoms with Gasteiger partial charge in [-0.1, -0.05) is 48.9 Å². The number of benzene rings is 2. The van der Waals surface area contributed by atoms with E-state index in [1.807, 2.05) is 36.5 Å². The number of fused-ring (bicyclic) bond motifs is 1. The maximum absolute atomic E-state index is 5.95. The van der Waals surface area contributed by atoms with Crippen molar-refractivity contribution in [1.29, 1.82) is 0 Å². The lowest BCUT2D eigenvalue weighted by atomic mass is 10.0. The number of para-hydroxylation sites is 1. The van der Waals surface area contributed by atoms with Crippen LogP contribution in [0.5, 0.6) is 0 Å². The van der Waals surface area contributed by atoms with Crippen LogP contribution in [0.3, 0.4) is 0 Å². The molecule has 0 saturated heterocycles. The van der Waals surface area contributed by atoms with Crippen molar-refractivity contribution in [3.8, 4) is 0 Å². The summed E-state index contributed by atoms with van der Waals surface area (Å²) in [6.45, 7) is 2.17. The molecule has 0 saturated carbocycles. The molecule has 0 aliphatic heterocycles. The second-order valence-corrected chi connectivity index (χ2v) is 5.51. The number of aromatic nitrogens is 1. The molecule has 1 aromatic heterocycles. The molecule has 3 aromatic rings. The van der Waals surface area contributed by atoms with Crippen molar-refractivity contribution in [3.63, 3.8) is 0 Å². The van der Waals surface area contributed by atoms with Gasteiger partial charge in [0, 0.05) is 10.4 Å². The van der Waals surface area contributed by atoms with Crippen LogP contribution >= 0.6 is 11.6 Å². The number of anilines is 1. The van der Waals surface area contributed by atoms with Crippen LogP contribution in [0, 0.1) is 0 Å². The molecule has 1 atom stereocenters. The van der Waals surface area contributed by atoms with Crippen LogP contribution in [0.25, 0.3) is 10.9 Å². The molecule has 0 amide bonds. The summed E-state index contributed by atoms with van der Waals surface area (Å²) in [5.41, 5.74) is 3.29. The first kappa shape index (κ1) is 13.9. The first-order chi connectivity index (χ1) is 10.3. The van der Waals surface area contributed by atoms with Gasteiger partial charge in [-0.15, -0.1) is 0 Å². The summed E-state index contributed by atoms with van der Waals surface area (Å²) in [7, 11) is 0. The van der Waals surface area contributed by atoms with Crippen LogP contribution in [0.4, 0.5) is 5.69 Å². The van der Waals surface area contributed by atoms with Crippen molar-refractivity contribution in [2.24, 2.45) is 0 Å². The zero-order valence-electron chi connectivity index (χ0n) is 11.9. The Kier molecular flexibility index (Phi) is 4.07. The summed E-state index contributed by atoms with van der Waals surface area (Å²) in [5, 5.41) is 5.46. The fourth-order valence-corrected chi connectivity index (χ4v) is 2.59. The van der Waals surface area contributed by atoms with Gasteiger partial charge in [-0.2, -0.15) is 0 Å². The SMILES string of the molecule is CCC(Nc1cnc2ccccc2c1)c1ccc(Cl)cc1. The molecule has 1 unspecified atom stereocenters. The average molecular weight is 297 g/mol. The zero-order valence-corrected chi connectivity index (χ0v) is 12.6. The highest BCUT2D eigenvalue weighted by Crippen LogP contribution is 2.25. The van der Waals surface area contributed by atoms with Gasteiger partial charge in [0.05, 0.1) is 23.4 Å². The third-order valence-corrected chi connectivity index (χ3v) is 3.86. The Morgan fingerprint density at radius 3 is 2.62 bits per heavy atom. The molecule has 2 aromatic carbocycles. The summed E-state index contributed by atoms with van der Waals surface area (Å²) in [4.78, 5) is 4.49. The van der Waals surface area contributed by atoms with E-state index in [1.54, 1.807) is 0 Å². The molecule has 0 fully saturated rings. The summed E-state index contributed by atoms with van der Waals surface area (Å²) >= 11 is 5.95. The number of nitrogens with one attached hydrogen (secondary N) is 1. The molecular weight excluding hydrogens is 280 g/mol. The minimum Gasteiger partial charge on any atom is -0.377 e. The maximum atomic E-state index is 5.95. The Morgan fingerprint density at radius 1 is 1.10 bits per heavy atom. The van der Waals surface area contributed by atoms with E-state index in [0.717, 1.165) is 28.0 Å². The molecule has 0 aliphatic rings. The molecular formula is C18H17ClN2. The molecule has 0 bridgehead atoms. The number of hydrogen-bond donors (Lipinski definition) is 1. The van der Waals surface area contributed by atoms with E-state index < -0.39 is 0 Å². The van der Waals surface area contributed by atoms with Gasteiger partial charge in [0.1, 0.15) is 0 Å². The minimum atomic E-state index is 0.255. The van der Waals surface area contributed by atoms with E-state index >= 15 is 0 Å². The lowest BCUT2D eigenvalue weighted by Gasteiger charge is -2.19. The molecule has 106 valence electrons. The first-order valence-electron chi connectivity index (χ1n) is 7.13. The normalized spacial score (nSPS) is 12.3. The smallest absolute Gasteiger partial charge is 0.0703 e. The fourth-order valence-electron chi connectivity index (χ4n) is 2.47. The summed E-state index contributed by atoms with van der Waals surface area (Å²) < 4.78 is 0. The highest BCUT2D eigenvalue weighted by Gasteiger charge is 2.09. The van der Waals surface area contributed by atoms with Crippen molar-refractivity contribution >= 4 is 28.2 Å². The van der Waals surface area contributed by atoms with Crippen LogP contribution in [0.2, 0.25) is 5.02 Å². The topological polar surface area (TPSA) is 24.9 Å². The number of nitrogens with zero attached hydrogens (tertiary/aromatic N) is 1. The number of pyridine rings is 1. The van der Waals surface area contributed by atoms with Crippen LogP contribution in [-0.2, 0) is 0 Å². The summed E-state index contributed by atoms with van der Waals surface area (Å²) in [6.07, 6.45) is 2.88. The third kappa shape index (κ3) is 3.17. The number of hydrogen-bond acceptors (Lipinski definition) is 2.